The van der Waals surface area contributed by atoms with Crippen LogP contribution in [0.5, 0.6) is 0 Å². The number of hydrogen-bond acceptors (Lipinski definition) is 6. The molecule has 0 saturated heterocycles. The number of amides is 3. The van der Waals surface area contributed by atoms with Crippen LogP contribution in [0.3, 0.4) is 0 Å². The van der Waals surface area contributed by atoms with Gasteiger partial charge >= 0.3 is 0 Å². The Balaban J connectivity index is 3.15. The molecule has 1 aromatic carbocycles. The SMILES string of the molecule is CC(C)C[C@@](O)(C(=O)N[C@@H](Cc1ccc(Cl)cc1)C(=O)NCCC#N)[C@H](C)C(=O)NO. The zero-order valence-corrected chi connectivity index (χ0v) is 18.6. The molecule has 1 rings (SSSR count). The molecule has 0 aliphatic rings. The van der Waals surface area contributed by atoms with E-state index in [2.05, 4.69) is 10.6 Å². The number of aliphatic hydroxyl groups is 1. The number of hydroxylamine groups is 1. The number of carbonyl (C=O) groups excluding carboxylic acids is 3. The topological polar surface area (TPSA) is 152 Å². The summed E-state index contributed by atoms with van der Waals surface area (Å²) in [4.78, 5) is 37.7. The fourth-order valence-corrected chi connectivity index (χ4v) is 3.24. The highest BCUT2D eigenvalue weighted by atomic mass is 35.5. The van der Waals surface area contributed by atoms with Crippen molar-refractivity contribution in [1.82, 2.24) is 16.1 Å². The second-order valence-corrected chi connectivity index (χ2v) is 8.21. The molecule has 9 nitrogen and oxygen atoms in total. The number of halogens is 1. The van der Waals surface area contributed by atoms with Gasteiger partial charge in [-0.05, 0) is 30.0 Å². The zero-order chi connectivity index (χ0) is 23.6. The van der Waals surface area contributed by atoms with Crippen LogP contribution < -0.4 is 16.1 Å². The number of benzene rings is 1. The van der Waals surface area contributed by atoms with Gasteiger partial charge in [0.2, 0.25) is 11.8 Å². The molecule has 0 unspecified atom stereocenters. The van der Waals surface area contributed by atoms with Gasteiger partial charge in [-0.3, -0.25) is 19.6 Å². The van der Waals surface area contributed by atoms with E-state index < -0.39 is 35.3 Å². The number of nitrogens with zero attached hydrogens (tertiary/aromatic N) is 1. The van der Waals surface area contributed by atoms with Gasteiger partial charge in [0.1, 0.15) is 6.04 Å². The van der Waals surface area contributed by atoms with E-state index in [1.54, 1.807) is 38.1 Å². The average Bonchev–Trinajstić information content (AvgIpc) is 2.72. The van der Waals surface area contributed by atoms with Gasteiger partial charge in [0.25, 0.3) is 5.91 Å². The first kappa shape index (κ1) is 26.4. The Labute approximate surface area is 186 Å². The van der Waals surface area contributed by atoms with Crippen LogP contribution in [-0.4, -0.2) is 46.2 Å². The molecule has 0 bridgehead atoms. The summed E-state index contributed by atoms with van der Waals surface area (Å²) in [6.45, 7) is 4.94. The van der Waals surface area contributed by atoms with Gasteiger partial charge in [-0.1, -0.05) is 44.5 Å². The third-order valence-corrected chi connectivity index (χ3v) is 5.10. The lowest BCUT2D eigenvalue weighted by atomic mass is 9.80. The summed E-state index contributed by atoms with van der Waals surface area (Å²) in [7, 11) is 0. The smallest absolute Gasteiger partial charge is 0.253 e. The van der Waals surface area contributed by atoms with E-state index in [1.807, 2.05) is 6.07 Å². The van der Waals surface area contributed by atoms with Gasteiger partial charge in [-0.25, -0.2) is 5.48 Å². The number of nitrogens with one attached hydrogen (secondary N) is 3. The van der Waals surface area contributed by atoms with Gasteiger partial charge in [0.05, 0.1) is 18.4 Å². The monoisotopic (exact) mass is 452 g/mol. The van der Waals surface area contributed by atoms with E-state index in [4.69, 9.17) is 22.1 Å². The maximum absolute atomic E-state index is 13.1. The van der Waals surface area contributed by atoms with E-state index in [1.165, 1.54) is 12.4 Å². The molecule has 0 spiro atoms. The Morgan fingerprint density at radius 3 is 2.29 bits per heavy atom. The standard InChI is InChI=1S/C21H29ClN4O5/c1-13(2)12-21(30,14(3)18(27)26-31)20(29)25-17(19(28)24-10-4-9-23)11-15-5-7-16(22)8-6-15/h5-8,13-14,17,30-31H,4,10-12H2,1-3H3,(H,24,28)(H,25,29)(H,26,27)/t14-,17+,21+/m1/s1. The highest BCUT2D eigenvalue weighted by Gasteiger charge is 2.46. The summed E-state index contributed by atoms with van der Waals surface area (Å²) in [5.41, 5.74) is -0.000695. The molecule has 0 aliphatic carbocycles. The van der Waals surface area contributed by atoms with Gasteiger partial charge in [-0.2, -0.15) is 5.26 Å². The van der Waals surface area contributed by atoms with Crippen LogP contribution in [0, 0.1) is 23.2 Å². The number of carbonyl (C=O) groups is 3. The van der Waals surface area contributed by atoms with Crippen LogP contribution in [0.1, 0.15) is 39.2 Å². The molecule has 0 aromatic heterocycles. The maximum Gasteiger partial charge on any atom is 0.253 e. The summed E-state index contributed by atoms with van der Waals surface area (Å²) >= 11 is 5.90. The Morgan fingerprint density at radius 1 is 1.16 bits per heavy atom. The summed E-state index contributed by atoms with van der Waals surface area (Å²) < 4.78 is 0. The van der Waals surface area contributed by atoms with Gasteiger partial charge in [0, 0.05) is 18.0 Å². The average molecular weight is 453 g/mol. The lowest BCUT2D eigenvalue weighted by Crippen LogP contribution is -2.60. The van der Waals surface area contributed by atoms with Crippen molar-refractivity contribution in [3.63, 3.8) is 0 Å². The minimum absolute atomic E-state index is 0.0723. The van der Waals surface area contributed by atoms with E-state index in [0.717, 1.165) is 0 Å². The molecular formula is C21H29ClN4O5. The van der Waals surface area contributed by atoms with Gasteiger partial charge in [-0.15, -0.1) is 0 Å². The van der Waals surface area contributed by atoms with Crippen LogP contribution in [-0.2, 0) is 20.8 Å². The summed E-state index contributed by atoms with van der Waals surface area (Å²) in [5.74, 6) is -3.82. The van der Waals surface area contributed by atoms with Crippen molar-refractivity contribution in [1.29, 1.82) is 5.26 Å². The first-order valence-electron chi connectivity index (χ1n) is 9.91. The lowest BCUT2D eigenvalue weighted by molar-refractivity contribution is -0.159. The first-order chi connectivity index (χ1) is 14.5. The van der Waals surface area contributed by atoms with Crippen molar-refractivity contribution >= 4 is 29.3 Å². The second kappa shape index (κ2) is 12.2. The number of rotatable bonds is 11. The van der Waals surface area contributed by atoms with E-state index in [0.29, 0.717) is 10.6 Å². The van der Waals surface area contributed by atoms with Crippen LogP contribution in [0.25, 0.3) is 0 Å². The van der Waals surface area contributed by atoms with Crippen LogP contribution in [0.2, 0.25) is 5.02 Å². The lowest BCUT2D eigenvalue weighted by Gasteiger charge is -2.34. The maximum atomic E-state index is 13.1. The Hall–Kier alpha value is -2.67. The van der Waals surface area contributed by atoms with Crippen LogP contribution in [0.4, 0.5) is 0 Å². The molecule has 1 aromatic rings. The molecule has 31 heavy (non-hydrogen) atoms. The molecule has 3 atom stereocenters. The second-order valence-electron chi connectivity index (χ2n) is 7.78. The third-order valence-electron chi connectivity index (χ3n) is 4.84. The molecule has 0 heterocycles. The van der Waals surface area contributed by atoms with Crippen molar-refractivity contribution in [2.45, 2.75) is 51.7 Å². The summed E-state index contributed by atoms with van der Waals surface area (Å²) in [6, 6.07) is 7.53. The van der Waals surface area contributed by atoms with E-state index >= 15 is 0 Å². The Bertz CT molecular complexity index is 809. The zero-order valence-electron chi connectivity index (χ0n) is 17.8. The predicted molar refractivity (Wildman–Crippen MR) is 114 cm³/mol. The third kappa shape index (κ3) is 7.83. The predicted octanol–water partition coefficient (Wildman–Crippen LogP) is 1.32. The fraction of sp³-hybridized carbons (Fsp3) is 0.524. The number of nitriles is 1. The highest BCUT2D eigenvalue weighted by Crippen LogP contribution is 2.27. The first-order valence-corrected chi connectivity index (χ1v) is 10.3. The van der Waals surface area contributed by atoms with Crippen molar-refractivity contribution in [2.75, 3.05) is 6.54 Å². The summed E-state index contributed by atoms with van der Waals surface area (Å²) in [6.07, 6.45) is 0.120. The fourth-order valence-electron chi connectivity index (χ4n) is 3.12. The van der Waals surface area contributed by atoms with E-state index in [-0.39, 0.29) is 31.7 Å². The van der Waals surface area contributed by atoms with Crippen molar-refractivity contribution in [2.24, 2.45) is 11.8 Å². The van der Waals surface area contributed by atoms with E-state index in [9.17, 15) is 19.5 Å². The minimum Gasteiger partial charge on any atom is -0.379 e. The molecule has 0 radical (unpaired) electrons. The molecule has 0 aliphatic heterocycles. The molecule has 0 saturated carbocycles. The molecule has 170 valence electrons. The molecular weight excluding hydrogens is 424 g/mol. The normalized spacial score (nSPS) is 14.6. The van der Waals surface area contributed by atoms with Crippen molar-refractivity contribution < 1.29 is 24.7 Å². The molecule has 3 amide bonds. The van der Waals surface area contributed by atoms with Gasteiger partial charge < -0.3 is 15.7 Å². The minimum atomic E-state index is -2.16. The molecule has 5 N–H and O–H groups in total. The van der Waals surface area contributed by atoms with Crippen molar-refractivity contribution in [3.05, 3.63) is 34.9 Å². The molecule has 10 heteroatoms. The Morgan fingerprint density at radius 2 is 1.77 bits per heavy atom. The number of hydrogen-bond donors (Lipinski definition) is 5. The van der Waals surface area contributed by atoms with Crippen LogP contribution >= 0.6 is 11.6 Å². The van der Waals surface area contributed by atoms with Gasteiger partial charge in [0.15, 0.2) is 5.60 Å². The Kier molecular flexibility index (Phi) is 10.4. The van der Waals surface area contributed by atoms with Crippen molar-refractivity contribution in [3.8, 4) is 6.07 Å². The highest BCUT2D eigenvalue weighted by molar-refractivity contribution is 6.30. The summed E-state index contributed by atoms with van der Waals surface area (Å²) in [5, 5.41) is 34.3. The quantitative estimate of drug-likeness (QED) is 0.194. The largest absolute Gasteiger partial charge is 0.379 e. The van der Waals surface area contributed by atoms with Crippen LogP contribution in [0.15, 0.2) is 24.3 Å². The molecule has 0 fully saturated rings.